The van der Waals surface area contributed by atoms with Gasteiger partial charge in [-0.1, -0.05) is 6.92 Å². The van der Waals surface area contributed by atoms with E-state index in [2.05, 4.69) is 11.9 Å². The summed E-state index contributed by atoms with van der Waals surface area (Å²) < 4.78 is 33.1. The van der Waals surface area contributed by atoms with Crippen molar-refractivity contribution in [2.24, 2.45) is 5.92 Å². The summed E-state index contributed by atoms with van der Waals surface area (Å²) in [6.45, 7) is 4.48. The Bertz CT molecular complexity index is 706. The van der Waals surface area contributed by atoms with Crippen LogP contribution in [0, 0.1) is 12.8 Å². The van der Waals surface area contributed by atoms with E-state index in [0.717, 1.165) is 17.8 Å². The predicted molar refractivity (Wildman–Crippen MR) is 80.6 cm³/mol. The molecule has 2 atom stereocenters. The third kappa shape index (κ3) is 2.77. The van der Waals surface area contributed by atoms with Crippen LogP contribution >= 0.6 is 11.3 Å². The Morgan fingerprint density at radius 2 is 2.29 bits per heavy atom. The van der Waals surface area contributed by atoms with Gasteiger partial charge in [0.05, 0.1) is 23.5 Å². The van der Waals surface area contributed by atoms with Crippen molar-refractivity contribution >= 4 is 21.4 Å². The van der Waals surface area contributed by atoms with Gasteiger partial charge in [0.15, 0.2) is 4.21 Å². The highest BCUT2D eigenvalue weighted by Crippen LogP contribution is 2.38. The zero-order valence-corrected chi connectivity index (χ0v) is 13.7. The summed E-state index contributed by atoms with van der Waals surface area (Å²) in [5.74, 6) is 1.20. The molecule has 7 heteroatoms. The highest BCUT2D eigenvalue weighted by Gasteiger charge is 2.38. The monoisotopic (exact) mass is 326 g/mol. The van der Waals surface area contributed by atoms with Crippen LogP contribution in [0.1, 0.15) is 36.6 Å². The molecule has 1 aliphatic rings. The van der Waals surface area contributed by atoms with Crippen molar-refractivity contribution in [3.8, 4) is 0 Å². The molecular weight excluding hydrogens is 308 g/mol. The quantitative estimate of drug-likeness (QED) is 0.869. The molecule has 0 radical (unpaired) electrons. The topological polar surface area (TPSA) is 63.4 Å². The average Bonchev–Trinajstić information content (AvgIpc) is 3.09. The molecule has 3 heterocycles. The molecule has 0 bridgehead atoms. The fourth-order valence-electron chi connectivity index (χ4n) is 2.72. The third-order valence-electron chi connectivity index (χ3n) is 3.85. The molecule has 5 nitrogen and oxygen atoms in total. The Morgan fingerprint density at radius 1 is 1.48 bits per heavy atom. The van der Waals surface area contributed by atoms with Crippen molar-refractivity contribution < 1.29 is 12.8 Å². The normalized spacial score (nSPS) is 24.3. The summed E-state index contributed by atoms with van der Waals surface area (Å²) in [5, 5.41) is 0.758. The van der Waals surface area contributed by atoms with Crippen molar-refractivity contribution in [1.82, 2.24) is 9.29 Å². The van der Waals surface area contributed by atoms with E-state index in [1.54, 1.807) is 16.6 Å². The van der Waals surface area contributed by atoms with Crippen LogP contribution in [0.15, 0.2) is 33.2 Å². The van der Waals surface area contributed by atoms with E-state index < -0.39 is 10.0 Å². The predicted octanol–water partition coefficient (Wildman–Crippen LogP) is 3.21. The minimum atomic E-state index is -3.51. The smallest absolute Gasteiger partial charge is 0.254 e. The van der Waals surface area contributed by atoms with Gasteiger partial charge in [-0.05, 0) is 37.8 Å². The van der Waals surface area contributed by atoms with Crippen LogP contribution in [0.5, 0.6) is 0 Å². The Labute approximate surface area is 128 Å². The fourth-order valence-corrected chi connectivity index (χ4v) is 5.58. The van der Waals surface area contributed by atoms with E-state index in [0.29, 0.717) is 22.4 Å². The molecule has 0 spiro atoms. The van der Waals surface area contributed by atoms with Gasteiger partial charge in [-0.25, -0.2) is 13.4 Å². The van der Waals surface area contributed by atoms with Gasteiger partial charge in [0.25, 0.3) is 10.0 Å². The average molecular weight is 326 g/mol. The minimum absolute atomic E-state index is 0.226. The Hall–Kier alpha value is -1.18. The van der Waals surface area contributed by atoms with Gasteiger partial charge in [0.2, 0.25) is 0 Å². The van der Waals surface area contributed by atoms with Gasteiger partial charge < -0.3 is 4.42 Å². The van der Waals surface area contributed by atoms with Crippen molar-refractivity contribution in [1.29, 1.82) is 0 Å². The number of sulfonamides is 1. The second-order valence-electron chi connectivity index (χ2n) is 5.47. The van der Waals surface area contributed by atoms with E-state index in [1.807, 2.05) is 13.0 Å². The van der Waals surface area contributed by atoms with Crippen molar-refractivity contribution in [3.63, 3.8) is 0 Å². The number of piperidine rings is 1. The molecule has 0 saturated carbocycles. The molecule has 2 aromatic rings. The zero-order chi connectivity index (χ0) is 15.0. The second kappa shape index (κ2) is 5.55. The highest BCUT2D eigenvalue weighted by atomic mass is 32.2. The molecule has 21 heavy (non-hydrogen) atoms. The lowest BCUT2D eigenvalue weighted by Gasteiger charge is -2.35. The lowest BCUT2D eigenvalue weighted by molar-refractivity contribution is 0.185. The van der Waals surface area contributed by atoms with Crippen LogP contribution in [-0.4, -0.2) is 24.3 Å². The van der Waals surface area contributed by atoms with E-state index in [-0.39, 0.29) is 6.04 Å². The molecule has 0 unspecified atom stereocenters. The lowest BCUT2D eigenvalue weighted by Crippen LogP contribution is -2.40. The van der Waals surface area contributed by atoms with E-state index in [4.69, 9.17) is 4.42 Å². The first-order chi connectivity index (χ1) is 9.98. The van der Waals surface area contributed by atoms with Crippen LogP contribution in [0.2, 0.25) is 0 Å². The maximum Gasteiger partial charge on any atom is 0.254 e. The molecule has 1 saturated heterocycles. The van der Waals surface area contributed by atoms with Gasteiger partial charge >= 0.3 is 0 Å². The molecular formula is C14H18N2O3S2. The number of thiazole rings is 1. The first-order valence-corrected chi connectivity index (χ1v) is 9.22. The molecule has 0 amide bonds. The molecule has 3 rings (SSSR count). The van der Waals surface area contributed by atoms with Crippen LogP contribution in [-0.2, 0) is 10.0 Å². The molecule has 0 aliphatic carbocycles. The summed E-state index contributed by atoms with van der Waals surface area (Å²) >= 11 is 1.22. The van der Waals surface area contributed by atoms with E-state index in [9.17, 15) is 8.42 Å². The largest absolute Gasteiger partial charge is 0.468 e. The van der Waals surface area contributed by atoms with Crippen LogP contribution in [0.25, 0.3) is 0 Å². The maximum atomic E-state index is 12.9. The SMILES string of the molecule is Cc1ncc(S(=O)(=O)N2CC[C@@H](C)C[C@@H]2c2ccco2)s1. The van der Waals surface area contributed by atoms with Gasteiger partial charge in [-0.2, -0.15) is 4.31 Å². The van der Waals surface area contributed by atoms with Crippen LogP contribution < -0.4 is 0 Å². The van der Waals surface area contributed by atoms with Crippen LogP contribution in [0.3, 0.4) is 0 Å². The minimum Gasteiger partial charge on any atom is -0.468 e. The zero-order valence-electron chi connectivity index (χ0n) is 12.0. The van der Waals surface area contributed by atoms with Gasteiger partial charge in [-0.15, -0.1) is 11.3 Å². The standard InChI is InChI=1S/C14H18N2O3S2/c1-10-5-6-16(12(8-10)13-4-3-7-19-13)21(17,18)14-9-15-11(2)20-14/h3-4,7,9-10,12H,5-6,8H2,1-2H3/t10-,12-/m1/s1. The fraction of sp³-hybridized carbons (Fsp3) is 0.500. The van der Waals surface area contributed by atoms with Crippen molar-refractivity contribution in [3.05, 3.63) is 35.4 Å². The molecule has 0 N–H and O–H groups in total. The second-order valence-corrected chi connectivity index (χ2v) is 8.83. The number of hydrogen-bond donors (Lipinski definition) is 0. The highest BCUT2D eigenvalue weighted by molar-refractivity contribution is 7.91. The molecule has 2 aromatic heterocycles. The Morgan fingerprint density at radius 3 is 2.90 bits per heavy atom. The Kier molecular flexibility index (Phi) is 3.90. The number of aryl methyl sites for hydroxylation is 1. The summed E-state index contributed by atoms with van der Waals surface area (Å²) in [4.78, 5) is 4.07. The molecule has 114 valence electrons. The number of rotatable bonds is 3. The number of hydrogen-bond acceptors (Lipinski definition) is 5. The number of aromatic nitrogens is 1. The maximum absolute atomic E-state index is 12.9. The third-order valence-corrected chi connectivity index (χ3v) is 7.11. The van der Waals surface area contributed by atoms with Crippen molar-refractivity contribution in [2.45, 2.75) is 36.9 Å². The summed E-state index contributed by atoms with van der Waals surface area (Å²) in [5.41, 5.74) is 0. The van der Waals surface area contributed by atoms with E-state index in [1.165, 1.54) is 17.5 Å². The number of furan rings is 1. The van der Waals surface area contributed by atoms with Gasteiger partial charge in [0.1, 0.15) is 5.76 Å². The summed E-state index contributed by atoms with van der Waals surface area (Å²) in [6.07, 6.45) is 4.70. The molecule has 0 aromatic carbocycles. The van der Waals surface area contributed by atoms with Crippen LogP contribution in [0.4, 0.5) is 0 Å². The molecule has 1 aliphatic heterocycles. The first-order valence-electron chi connectivity index (χ1n) is 6.96. The van der Waals surface area contributed by atoms with Crippen molar-refractivity contribution in [2.75, 3.05) is 6.54 Å². The first kappa shape index (κ1) is 14.7. The lowest BCUT2D eigenvalue weighted by atomic mass is 9.93. The summed E-state index contributed by atoms with van der Waals surface area (Å²) in [7, 11) is -3.51. The molecule has 1 fully saturated rings. The summed E-state index contributed by atoms with van der Waals surface area (Å²) in [6, 6.07) is 3.43. The Balaban J connectivity index is 1.98. The number of nitrogens with zero attached hydrogens (tertiary/aromatic N) is 2. The van der Waals surface area contributed by atoms with Gasteiger partial charge in [0, 0.05) is 6.54 Å². The van der Waals surface area contributed by atoms with Gasteiger partial charge in [-0.3, -0.25) is 0 Å². The van der Waals surface area contributed by atoms with E-state index >= 15 is 0 Å².